The first-order valence-electron chi connectivity index (χ1n) is 5.75. The van der Waals surface area contributed by atoms with Gasteiger partial charge >= 0.3 is 0 Å². The van der Waals surface area contributed by atoms with Gasteiger partial charge in [0.05, 0.1) is 11.8 Å². The van der Waals surface area contributed by atoms with Gasteiger partial charge in [0.25, 0.3) is 0 Å². The number of carbonyl (C=O) groups is 1. The number of hydrogen-bond acceptors (Lipinski definition) is 5. The third-order valence-corrected chi connectivity index (χ3v) is 2.62. The van der Waals surface area contributed by atoms with Crippen molar-refractivity contribution in [1.82, 2.24) is 10.3 Å². The molecule has 0 saturated heterocycles. The molecule has 1 heterocycles. The van der Waals surface area contributed by atoms with Gasteiger partial charge in [-0.15, -0.1) is 0 Å². The summed E-state index contributed by atoms with van der Waals surface area (Å²) in [4.78, 5) is 14.7. The summed E-state index contributed by atoms with van der Waals surface area (Å²) in [5.74, 6) is 0.124. The van der Waals surface area contributed by atoms with Crippen molar-refractivity contribution in [3.05, 3.63) is 23.4 Å². The third-order valence-electron chi connectivity index (χ3n) is 2.62. The summed E-state index contributed by atoms with van der Waals surface area (Å²) >= 11 is 0. The van der Waals surface area contributed by atoms with Crippen LogP contribution in [0.1, 0.15) is 30.7 Å². The lowest BCUT2D eigenvalue weighted by molar-refractivity contribution is -0.119. The van der Waals surface area contributed by atoms with E-state index in [1.807, 2.05) is 0 Å². The number of pyridine rings is 1. The van der Waals surface area contributed by atoms with Gasteiger partial charge in [-0.2, -0.15) is 0 Å². The van der Waals surface area contributed by atoms with Crippen molar-refractivity contribution >= 4 is 11.7 Å². The van der Waals surface area contributed by atoms with Gasteiger partial charge in [0, 0.05) is 13.5 Å². The number of anilines is 1. The van der Waals surface area contributed by atoms with E-state index in [0.29, 0.717) is 18.1 Å². The second-order valence-electron chi connectivity index (χ2n) is 4.22. The molecule has 0 aliphatic rings. The molecule has 1 rings (SSSR count). The van der Waals surface area contributed by atoms with Crippen LogP contribution in [-0.4, -0.2) is 33.8 Å². The molecule has 0 radical (unpaired) electrons. The number of amides is 1. The number of carbonyl (C=O) groups excluding carboxylic acids is 1. The van der Waals surface area contributed by atoms with Gasteiger partial charge in [0.1, 0.15) is 11.9 Å². The van der Waals surface area contributed by atoms with Crippen LogP contribution in [0.3, 0.4) is 0 Å². The monoisotopic (exact) mass is 253 g/mol. The van der Waals surface area contributed by atoms with Crippen LogP contribution in [-0.2, 0) is 4.79 Å². The Morgan fingerprint density at radius 2 is 2.17 bits per heavy atom. The van der Waals surface area contributed by atoms with Gasteiger partial charge in [-0.05, 0) is 25.0 Å². The first-order valence-corrected chi connectivity index (χ1v) is 5.75. The number of aliphatic hydroxyl groups is 2. The average molecular weight is 253 g/mol. The highest BCUT2D eigenvalue weighted by molar-refractivity contribution is 5.72. The van der Waals surface area contributed by atoms with Crippen molar-refractivity contribution in [3.8, 4) is 0 Å². The summed E-state index contributed by atoms with van der Waals surface area (Å²) in [6.07, 6.45) is -1.86. The summed E-state index contributed by atoms with van der Waals surface area (Å²) < 4.78 is 0. The van der Waals surface area contributed by atoms with E-state index in [-0.39, 0.29) is 12.3 Å². The second kappa shape index (κ2) is 6.32. The van der Waals surface area contributed by atoms with Crippen molar-refractivity contribution in [3.63, 3.8) is 0 Å². The van der Waals surface area contributed by atoms with E-state index in [0.717, 1.165) is 5.56 Å². The van der Waals surface area contributed by atoms with E-state index in [1.165, 1.54) is 6.92 Å². The maximum atomic E-state index is 10.7. The number of nitrogens with two attached hydrogens (primary N) is 1. The Bertz CT molecular complexity index is 423. The lowest BCUT2D eigenvalue weighted by atomic mass is 10.0. The standard InChI is InChI=1S/C12H19N3O3/c1-7-3-4-10(13)15-11(7)12(18)9(17)5-6-14-8(2)16/h3-4,9,12,17-18H,5-6H2,1-2H3,(H2,13,15)(H,14,16). The minimum Gasteiger partial charge on any atom is -0.390 e. The third kappa shape index (κ3) is 3.97. The molecule has 2 unspecified atom stereocenters. The smallest absolute Gasteiger partial charge is 0.216 e. The number of nitrogens with one attached hydrogen (secondary N) is 1. The fourth-order valence-electron chi connectivity index (χ4n) is 1.60. The van der Waals surface area contributed by atoms with Crippen LogP contribution < -0.4 is 11.1 Å². The molecule has 0 aromatic carbocycles. The zero-order valence-electron chi connectivity index (χ0n) is 10.6. The van der Waals surface area contributed by atoms with Crippen LogP contribution in [0.5, 0.6) is 0 Å². The van der Waals surface area contributed by atoms with Gasteiger partial charge in [-0.25, -0.2) is 4.98 Å². The number of aromatic nitrogens is 1. The topological polar surface area (TPSA) is 108 Å². The molecule has 1 amide bonds. The van der Waals surface area contributed by atoms with E-state index in [2.05, 4.69) is 10.3 Å². The fraction of sp³-hybridized carbons (Fsp3) is 0.500. The molecular formula is C12H19N3O3. The van der Waals surface area contributed by atoms with E-state index in [9.17, 15) is 15.0 Å². The highest BCUT2D eigenvalue weighted by Crippen LogP contribution is 2.21. The average Bonchev–Trinajstić information content (AvgIpc) is 2.30. The second-order valence-corrected chi connectivity index (χ2v) is 4.22. The van der Waals surface area contributed by atoms with Crippen molar-refractivity contribution in [1.29, 1.82) is 0 Å². The SMILES string of the molecule is CC(=O)NCCC(O)C(O)c1nc(N)ccc1C. The molecule has 0 aliphatic carbocycles. The number of nitrogen functional groups attached to an aromatic ring is 1. The minimum absolute atomic E-state index is 0.171. The van der Waals surface area contributed by atoms with E-state index in [4.69, 9.17) is 5.73 Å². The fourth-order valence-corrected chi connectivity index (χ4v) is 1.60. The molecule has 1 aromatic rings. The summed E-state index contributed by atoms with van der Waals surface area (Å²) in [5, 5.41) is 22.3. The highest BCUT2D eigenvalue weighted by atomic mass is 16.3. The minimum atomic E-state index is -1.11. The molecule has 0 aliphatic heterocycles. The Balaban J connectivity index is 2.64. The van der Waals surface area contributed by atoms with Crippen molar-refractivity contribution < 1.29 is 15.0 Å². The van der Waals surface area contributed by atoms with Crippen LogP contribution in [0.4, 0.5) is 5.82 Å². The molecule has 1 aromatic heterocycles. The van der Waals surface area contributed by atoms with Gasteiger partial charge in [0.15, 0.2) is 0 Å². The Kier molecular flexibility index (Phi) is 5.06. The van der Waals surface area contributed by atoms with E-state index < -0.39 is 12.2 Å². The molecule has 2 atom stereocenters. The first kappa shape index (κ1) is 14.4. The molecule has 0 fully saturated rings. The van der Waals surface area contributed by atoms with Crippen LogP contribution in [0.2, 0.25) is 0 Å². The molecule has 0 saturated carbocycles. The number of hydrogen-bond donors (Lipinski definition) is 4. The largest absolute Gasteiger partial charge is 0.390 e. The molecule has 6 nitrogen and oxygen atoms in total. The maximum Gasteiger partial charge on any atom is 0.216 e. The molecule has 18 heavy (non-hydrogen) atoms. The molecule has 6 heteroatoms. The predicted molar refractivity (Wildman–Crippen MR) is 67.7 cm³/mol. The lowest BCUT2D eigenvalue weighted by Crippen LogP contribution is -2.28. The number of nitrogens with zero attached hydrogens (tertiary/aromatic N) is 1. The Labute approximate surface area is 106 Å². The van der Waals surface area contributed by atoms with E-state index in [1.54, 1.807) is 19.1 Å². The van der Waals surface area contributed by atoms with Gasteiger partial charge in [-0.3, -0.25) is 4.79 Å². The van der Waals surface area contributed by atoms with Crippen LogP contribution >= 0.6 is 0 Å². The number of aliphatic hydroxyl groups excluding tert-OH is 2. The molecular weight excluding hydrogens is 234 g/mol. The predicted octanol–water partition coefficient (Wildman–Crippen LogP) is -0.107. The lowest BCUT2D eigenvalue weighted by Gasteiger charge is -2.19. The maximum absolute atomic E-state index is 10.7. The molecule has 0 bridgehead atoms. The van der Waals surface area contributed by atoms with Crippen molar-refractivity contribution in [2.45, 2.75) is 32.5 Å². The van der Waals surface area contributed by atoms with Crippen molar-refractivity contribution in [2.24, 2.45) is 0 Å². The molecule has 0 spiro atoms. The van der Waals surface area contributed by atoms with Crippen LogP contribution in [0.15, 0.2) is 12.1 Å². The van der Waals surface area contributed by atoms with Crippen molar-refractivity contribution in [2.75, 3.05) is 12.3 Å². The molecule has 5 N–H and O–H groups in total. The Hall–Kier alpha value is -1.66. The highest BCUT2D eigenvalue weighted by Gasteiger charge is 2.21. The van der Waals surface area contributed by atoms with Crippen LogP contribution in [0, 0.1) is 6.92 Å². The van der Waals surface area contributed by atoms with Gasteiger partial charge in [0.2, 0.25) is 5.91 Å². The van der Waals surface area contributed by atoms with Crippen LogP contribution in [0.25, 0.3) is 0 Å². The normalized spacial score (nSPS) is 14.0. The van der Waals surface area contributed by atoms with Gasteiger partial charge in [-0.1, -0.05) is 6.07 Å². The number of aryl methyl sites for hydroxylation is 1. The molecule has 100 valence electrons. The van der Waals surface area contributed by atoms with Gasteiger partial charge < -0.3 is 21.3 Å². The zero-order valence-corrected chi connectivity index (χ0v) is 10.6. The summed E-state index contributed by atoms with van der Waals surface area (Å²) in [6, 6.07) is 3.37. The first-order chi connectivity index (χ1) is 8.41. The summed E-state index contributed by atoms with van der Waals surface area (Å²) in [7, 11) is 0. The zero-order chi connectivity index (χ0) is 13.7. The quantitative estimate of drug-likeness (QED) is 0.585. The van der Waals surface area contributed by atoms with E-state index >= 15 is 0 Å². The summed E-state index contributed by atoms with van der Waals surface area (Å²) in [6.45, 7) is 3.48. The Morgan fingerprint density at radius 3 is 2.78 bits per heavy atom. The Morgan fingerprint density at radius 1 is 1.50 bits per heavy atom. The number of rotatable bonds is 5. The summed E-state index contributed by atoms with van der Waals surface area (Å²) in [5.41, 5.74) is 6.67.